The fraction of sp³-hybridized carbons (Fsp3) is 0.442. The van der Waals surface area contributed by atoms with Crippen LogP contribution in [0.4, 0.5) is 10.2 Å². The summed E-state index contributed by atoms with van der Waals surface area (Å²) in [5.41, 5.74) is 3.53. The molecule has 58 heavy (non-hydrogen) atoms. The van der Waals surface area contributed by atoms with Crippen molar-refractivity contribution in [2.75, 3.05) is 26.6 Å². The number of hydrogen-bond acceptors (Lipinski definition) is 12. The predicted molar refractivity (Wildman–Crippen MR) is 216 cm³/mol. The number of ether oxygens (including phenoxy) is 4. The SMILES string of the molecule is COc1ccc(C(O[C@]23C[C@@]2(F)C[C@]2(OP(OCCC#N)N(C(C)C)C(C)C)C[C@H](n4cnc5c(N)ncnc54)O[C@@H]23)(c2ccccc2)c2ccc(OC)cc2)cc1. The average Bonchev–Trinajstić information content (AvgIpc) is 3.51. The van der Waals surface area contributed by atoms with Crippen LogP contribution in [0, 0.1) is 11.3 Å². The Balaban J connectivity index is 1.30. The molecule has 1 saturated heterocycles. The van der Waals surface area contributed by atoms with Gasteiger partial charge in [-0.3, -0.25) is 4.57 Å². The molecule has 304 valence electrons. The van der Waals surface area contributed by atoms with Crippen LogP contribution >= 0.6 is 8.53 Å². The van der Waals surface area contributed by atoms with Gasteiger partial charge < -0.3 is 33.7 Å². The van der Waals surface area contributed by atoms with Crippen molar-refractivity contribution in [3.8, 4) is 17.6 Å². The highest BCUT2D eigenvalue weighted by Crippen LogP contribution is 2.76. The summed E-state index contributed by atoms with van der Waals surface area (Å²) in [4.78, 5) is 13.2. The number of anilines is 1. The molecule has 3 aromatic carbocycles. The zero-order chi connectivity index (χ0) is 40.9. The van der Waals surface area contributed by atoms with Gasteiger partial charge in [-0.1, -0.05) is 54.6 Å². The van der Waals surface area contributed by atoms with Crippen molar-refractivity contribution in [3.63, 3.8) is 0 Å². The van der Waals surface area contributed by atoms with E-state index in [0.717, 1.165) is 16.7 Å². The Hall–Kier alpha value is -4.74. The minimum Gasteiger partial charge on any atom is -0.497 e. The number of nitrogen functional groups attached to an aromatic ring is 1. The van der Waals surface area contributed by atoms with Crippen LogP contribution in [0.1, 0.15) is 76.3 Å². The molecular formula is C43H49FN7O6P. The van der Waals surface area contributed by atoms with Crippen LogP contribution in [0.5, 0.6) is 11.5 Å². The molecule has 2 saturated carbocycles. The van der Waals surface area contributed by atoms with Crippen molar-refractivity contribution in [1.82, 2.24) is 24.2 Å². The molecule has 6 atom stereocenters. The van der Waals surface area contributed by atoms with E-state index in [1.807, 2.05) is 83.4 Å². The van der Waals surface area contributed by atoms with Gasteiger partial charge in [0.1, 0.15) is 58.1 Å². The number of aromatic nitrogens is 4. The molecule has 0 amide bonds. The largest absolute Gasteiger partial charge is 0.497 e. The van der Waals surface area contributed by atoms with Crippen LogP contribution in [0.15, 0.2) is 91.5 Å². The van der Waals surface area contributed by atoms with E-state index in [9.17, 15) is 5.26 Å². The number of fused-ring (bicyclic) bond motifs is 4. The van der Waals surface area contributed by atoms with Gasteiger partial charge in [0.2, 0.25) is 0 Å². The van der Waals surface area contributed by atoms with Gasteiger partial charge in [0.25, 0.3) is 8.53 Å². The first-order valence-corrected chi connectivity index (χ1v) is 20.7. The van der Waals surface area contributed by atoms with Crippen LogP contribution in [-0.2, 0) is 24.1 Å². The summed E-state index contributed by atoms with van der Waals surface area (Å²) in [6, 6.07) is 27.4. The van der Waals surface area contributed by atoms with E-state index in [2.05, 4.69) is 53.4 Å². The molecule has 2 aliphatic carbocycles. The van der Waals surface area contributed by atoms with E-state index < -0.39 is 43.3 Å². The third kappa shape index (κ3) is 6.58. The second-order valence-electron chi connectivity index (χ2n) is 15.8. The maximum Gasteiger partial charge on any atom is 0.259 e. The number of imidazole rings is 1. The number of rotatable bonds is 16. The molecule has 13 nitrogen and oxygen atoms in total. The highest BCUT2D eigenvalue weighted by Gasteiger charge is 2.88. The van der Waals surface area contributed by atoms with E-state index in [-0.39, 0.29) is 50.2 Å². The van der Waals surface area contributed by atoms with Crippen molar-refractivity contribution in [2.45, 2.75) is 100 Å². The monoisotopic (exact) mass is 809 g/mol. The maximum absolute atomic E-state index is 18.2. The summed E-state index contributed by atoms with van der Waals surface area (Å²) in [6.45, 7) is 8.44. The molecule has 1 unspecified atom stereocenters. The average molecular weight is 810 g/mol. The van der Waals surface area contributed by atoms with Crippen molar-refractivity contribution in [1.29, 1.82) is 5.26 Å². The molecule has 0 bridgehead atoms. The normalized spacial score (nSPS) is 25.5. The summed E-state index contributed by atoms with van der Waals surface area (Å²) < 4.78 is 61.9. The Morgan fingerprint density at radius 1 is 0.931 bits per heavy atom. The number of methoxy groups -OCH3 is 2. The van der Waals surface area contributed by atoms with E-state index >= 15 is 4.39 Å². The first-order chi connectivity index (χ1) is 27.9. The second-order valence-corrected chi connectivity index (χ2v) is 17.2. The molecule has 0 spiro atoms. The Bertz CT molecular complexity index is 2220. The lowest BCUT2D eigenvalue weighted by atomic mass is 9.79. The molecule has 0 radical (unpaired) electrons. The van der Waals surface area contributed by atoms with Crippen molar-refractivity contribution in [3.05, 3.63) is 108 Å². The summed E-state index contributed by atoms with van der Waals surface area (Å²) in [5.74, 6) is 1.58. The number of halogens is 1. The van der Waals surface area contributed by atoms with Crippen molar-refractivity contribution in [2.24, 2.45) is 0 Å². The lowest BCUT2D eigenvalue weighted by Gasteiger charge is -2.43. The molecule has 3 heterocycles. The van der Waals surface area contributed by atoms with E-state index in [0.29, 0.717) is 22.7 Å². The Morgan fingerprint density at radius 2 is 1.55 bits per heavy atom. The van der Waals surface area contributed by atoms with Gasteiger partial charge in [0, 0.05) is 31.3 Å². The maximum atomic E-state index is 18.2. The molecular weight excluding hydrogens is 760 g/mol. The Morgan fingerprint density at radius 3 is 2.14 bits per heavy atom. The lowest BCUT2D eigenvalue weighted by molar-refractivity contribution is -0.166. The minimum absolute atomic E-state index is 0.00907. The van der Waals surface area contributed by atoms with Crippen LogP contribution in [0.2, 0.25) is 0 Å². The molecule has 3 fully saturated rings. The Labute approximate surface area is 339 Å². The van der Waals surface area contributed by atoms with Crippen molar-refractivity contribution < 1.29 is 32.4 Å². The zero-order valence-corrected chi connectivity index (χ0v) is 34.4. The summed E-state index contributed by atoms with van der Waals surface area (Å²) >= 11 is 0. The number of benzene rings is 3. The van der Waals surface area contributed by atoms with Crippen LogP contribution in [-0.4, -0.2) is 80.1 Å². The standard InChI is InChI=1S/C43H49FN7O6P/c1-28(2)51(29(3)4)58(54-22-10-21-45)57-40-23-35(50-27-49-36-37(46)47-26-48-38(36)50)55-39(40)42(25-41(42,44)24-40)56-43(30-11-8-7-9-12-30,31-13-17-33(52-5)18-14-31)32-15-19-34(53-6)20-16-32/h7-9,11-20,26-29,35,39H,10,22-25H2,1-6H3,(H2,46,47,48)/t35-,39+,40-,41+,42+,58?/m1/s1. The lowest BCUT2D eigenvalue weighted by Crippen LogP contribution is -2.50. The number of nitriles is 1. The summed E-state index contributed by atoms with van der Waals surface area (Å²) in [7, 11) is 1.42. The summed E-state index contributed by atoms with van der Waals surface area (Å²) in [6.07, 6.45) is 1.84. The Kier molecular flexibility index (Phi) is 10.7. The first-order valence-electron chi connectivity index (χ1n) is 19.5. The molecule has 5 aromatic rings. The fourth-order valence-electron chi connectivity index (χ4n) is 9.07. The smallest absolute Gasteiger partial charge is 0.259 e. The van der Waals surface area contributed by atoms with Crippen LogP contribution in [0.3, 0.4) is 0 Å². The third-order valence-electron chi connectivity index (χ3n) is 11.6. The number of nitrogens with zero attached hydrogens (tertiary/aromatic N) is 6. The molecule has 2 aromatic heterocycles. The number of hydrogen-bond donors (Lipinski definition) is 1. The van der Waals surface area contributed by atoms with Gasteiger partial charge in [-0.25, -0.2) is 24.0 Å². The molecule has 8 rings (SSSR count). The third-order valence-corrected chi connectivity index (χ3v) is 13.8. The van der Waals surface area contributed by atoms with E-state index in [1.165, 1.54) is 6.33 Å². The van der Waals surface area contributed by atoms with Gasteiger partial charge in [0.05, 0.1) is 39.6 Å². The van der Waals surface area contributed by atoms with Gasteiger partial charge >= 0.3 is 0 Å². The number of nitrogens with two attached hydrogens (primary N) is 1. The van der Waals surface area contributed by atoms with Crippen molar-refractivity contribution >= 4 is 25.5 Å². The topological polar surface area (TPSA) is 152 Å². The highest BCUT2D eigenvalue weighted by molar-refractivity contribution is 7.44. The van der Waals surface area contributed by atoms with E-state index in [1.54, 1.807) is 20.5 Å². The number of alkyl halides is 1. The molecule has 3 aliphatic rings. The highest BCUT2D eigenvalue weighted by atomic mass is 31.2. The van der Waals surface area contributed by atoms with Gasteiger partial charge in [-0.05, 0) is 68.7 Å². The predicted octanol–water partition coefficient (Wildman–Crippen LogP) is 8.01. The van der Waals surface area contributed by atoms with E-state index in [4.69, 9.17) is 33.7 Å². The van der Waals surface area contributed by atoms with Crippen LogP contribution in [0.25, 0.3) is 11.2 Å². The molecule has 1 aliphatic heterocycles. The summed E-state index contributed by atoms with van der Waals surface area (Å²) in [5, 5.41) is 9.47. The van der Waals surface area contributed by atoms with Gasteiger partial charge in [-0.15, -0.1) is 0 Å². The van der Waals surface area contributed by atoms with Crippen LogP contribution < -0.4 is 15.2 Å². The second kappa shape index (κ2) is 15.5. The fourth-order valence-corrected chi connectivity index (χ4v) is 10.9. The van der Waals surface area contributed by atoms with Gasteiger partial charge in [-0.2, -0.15) is 5.26 Å². The first kappa shape index (κ1) is 40.1. The van der Waals surface area contributed by atoms with Gasteiger partial charge in [0.15, 0.2) is 11.5 Å². The minimum atomic E-state index is -1.85. The quantitative estimate of drug-likeness (QED) is 0.0584. The molecule has 15 heteroatoms. The zero-order valence-electron chi connectivity index (χ0n) is 33.5. The molecule has 2 N–H and O–H groups in total.